The van der Waals surface area contributed by atoms with Crippen LogP contribution in [-0.4, -0.2) is 56.2 Å². The van der Waals surface area contributed by atoms with Gasteiger partial charge in [-0.2, -0.15) is 0 Å². The molecule has 31 heavy (non-hydrogen) atoms. The first-order chi connectivity index (χ1) is 14.7. The molecule has 0 amide bonds. The van der Waals surface area contributed by atoms with Gasteiger partial charge in [0.25, 0.3) is 0 Å². The van der Waals surface area contributed by atoms with Crippen molar-refractivity contribution in [3.63, 3.8) is 0 Å². The molecule has 1 aliphatic heterocycles. The number of halogens is 1. The van der Waals surface area contributed by atoms with E-state index in [0.29, 0.717) is 12.4 Å². The van der Waals surface area contributed by atoms with Gasteiger partial charge in [0.05, 0.1) is 26.8 Å². The number of ether oxygens (including phenoxy) is 2. The van der Waals surface area contributed by atoms with Gasteiger partial charge >= 0.3 is 0 Å². The van der Waals surface area contributed by atoms with E-state index in [1.54, 1.807) is 20.4 Å². The molecule has 0 spiro atoms. The normalized spacial score (nSPS) is 15.1. The molecule has 7 nitrogen and oxygen atoms in total. The second kappa shape index (κ2) is 13.4. The highest BCUT2D eigenvalue weighted by Crippen LogP contribution is 2.26. The summed E-state index contributed by atoms with van der Waals surface area (Å²) in [6, 6.07) is 12.6. The fourth-order valence-electron chi connectivity index (χ4n) is 3.76. The van der Waals surface area contributed by atoms with E-state index in [0.717, 1.165) is 43.5 Å². The van der Waals surface area contributed by atoms with E-state index in [1.165, 1.54) is 18.4 Å². The molecule has 1 aromatic heterocycles. The summed E-state index contributed by atoms with van der Waals surface area (Å²) >= 11 is 0. The summed E-state index contributed by atoms with van der Waals surface area (Å²) in [4.78, 5) is 11.5. The van der Waals surface area contributed by atoms with E-state index in [2.05, 4.69) is 39.6 Å². The van der Waals surface area contributed by atoms with Crippen LogP contribution in [0.5, 0.6) is 11.6 Å². The zero-order valence-electron chi connectivity index (χ0n) is 18.6. The molecular weight excluding hydrogens is 505 g/mol. The van der Waals surface area contributed by atoms with E-state index < -0.39 is 0 Å². The molecule has 1 saturated heterocycles. The lowest BCUT2D eigenvalue weighted by molar-refractivity contribution is 0.245. The van der Waals surface area contributed by atoms with E-state index in [9.17, 15) is 0 Å². The Bertz CT molecular complexity index is 810. The first kappa shape index (κ1) is 25.2. The third-order valence-electron chi connectivity index (χ3n) is 5.34. The third-order valence-corrected chi connectivity index (χ3v) is 5.34. The second-order valence-electron chi connectivity index (χ2n) is 7.28. The number of hydrogen-bond acceptors (Lipinski definition) is 5. The Morgan fingerprint density at radius 1 is 1.10 bits per heavy atom. The van der Waals surface area contributed by atoms with Crippen LogP contribution in [0, 0.1) is 0 Å². The van der Waals surface area contributed by atoms with Crippen LogP contribution in [0.15, 0.2) is 47.6 Å². The topological polar surface area (TPSA) is 71.0 Å². The number of rotatable bonds is 9. The van der Waals surface area contributed by atoms with Crippen molar-refractivity contribution < 1.29 is 9.47 Å². The fourth-order valence-corrected chi connectivity index (χ4v) is 3.76. The number of benzene rings is 1. The van der Waals surface area contributed by atoms with Gasteiger partial charge in [0.1, 0.15) is 5.75 Å². The van der Waals surface area contributed by atoms with Gasteiger partial charge in [-0.1, -0.05) is 18.2 Å². The van der Waals surface area contributed by atoms with Gasteiger partial charge < -0.3 is 20.1 Å². The van der Waals surface area contributed by atoms with Crippen LogP contribution >= 0.6 is 24.0 Å². The Balaban J connectivity index is 0.00000341. The van der Waals surface area contributed by atoms with Crippen molar-refractivity contribution in [3.05, 3.63) is 53.7 Å². The molecular formula is C23H34IN5O2. The van der Waals surface area contributed by atoms with Crippen LogP contribution in [-0.2, 0) is 6.54 Å². The van der Waals surface area contributed by atoms with Crippen molar-refractivity contribution in [3.8, 4) is 11.6 Å². The molecule has 0 aliphatic carbocycles. The molecule has 0 bridgehead atoms. The monoisotopic (exact) mass is 539 g/mol. The summed E-state index contributed by atoms with van der Waals surface area (Å²) in [5, 5.41) is 6.88. The van der Waals surface area contributed by atoms with Crippen molar-refractivity contribution in [1.29, 1.82) is 0 Å². The van der Waals surface area contributed by atoms with Crippen LogP contribution < -0.4 is 20.1 Å². The summed E-state index contributed by atoms with van der Waals surface area (Å²) in [7, 11) is 3.33. The second-order valence-corrected chi connectivity index (χ2v) is 7.28. The van der Waals surface area contributed by atoms with Gasteiger partial charge in [-0.25, -0.2) is 9.98 Å². The Hall–Kier alpha value is -2.07. The van der Waals surface area contributed by atoms with Crippen molar-refractivity contribution in [2.45, 2.75) is 32.4 Å². The van der Waals surface area contributed by atoms with Gasteiger partial charge in [0.15, 0.2) is 5.96 Å². The van der Waals surface area contributed by atoms with Gasteiger partial charge in [-0.15, -0.1) is 24.0 Å². The molecule has 1 aliphatic rings. The third kappa shape index (κ3) is 7.24. The van der Waals surface area contributed by atoms with Crippen LogP contribution in [0.3, 0.4) is 0 Å². The Kier molecular flexibility index (Phi) is 10.9. The van der Waals surface area contributed by atoms with Crippen molar-refractivity contribution >= 4 is 29.9 Å². The molecule has 0 saturated carbocycles. The predicted molar refractivity (Wildman–Crippen MR) is 136 cm³/mol. The highest BCUT2D eigenvalue weighted by molar-refractivity contribution is 14.0. The lowest BCUT2D eigenvalue weighted by atomic mass is 10.1. The summed E-state index contributed by atoms with van der Waals surface area (Å²) < 4.78 is 10.7. The number of nitrogens with one attached hydrogen (secondary N) is 2. The standard InChI is InChI=1S/C23H33N5O2.HI/c1-4-24-23(26-16-19-8-7-13-25-22(19)30-3)27-17-21(28-14-5-6-15-28)18-9-11-20(29-2)12-10-18;/h7-13,21H,4-6,14-17H2,1-3H3,(H2,24,26,27);1H. The number of guanidine groups is 1. The van der Waals surface area contributed by atoms with Gasteiger partial charge in [-0.3, -0.25) is 4.90 Å². The number of methoxy groups -OCH3 is 2. The fraction of sp³-hybridized carbons (Fsp3) is 0.478. The maximum Gasteiger partial charge on any atom is 0.218 e. The molecule has 2 heterocycles. The lowest BCUT2D eigenvalue weighted by Gasteiger charge is -2.29. The summed E-state index contributed by atoms with van der Waals surface area (Å²) in [6.07, 6.45) is 4.23. The minimum atomic E-state index is 0. The van der Waals surface area contributed by atoms with Crippen molar-refractivity contribution in [2.75, 3.05) is 40.4 Å². The summed E-state index contributed by atoms with van der Waals surface area (Å²) in [5.41, 5.74) is 2.25. The van der Waals surface area contributed by atoms with E-state index in [4.69, 9.17) is 14.5 Å². The number of likely N-dealkylation sites (tertiary alicyclic amines) is 1. The summed E-state index contributed by atoms with van der Waals surface area (Å²) in [6.45, 7) is 6.40. The maximum atomic E-state index is 5.34. The van der Waals surface area contributed by atoms with Crippen molar-refractivity contribution in [2.24, 2.45) is 4.99 Å². The Morgan fingerprint density at radius 3 is 2.48 bits per heavy atom. The van der Waals surface area contributed by atoms with E-state index in [1.807, 2.05) is 24.3 Å². The largest absolute Gasteiger partial charge is 0.497 e. The predicted octanol–water partition coefficient (Wildman–Crippen LogP) is 3.61. The minimum Gasteiger partial charge on any atom is -0.497 e. The first-order valence-electron chi connectivity index (χ1n) is 10.6. The molecule has 2 N–H and O–H groups in total. The molecule has 1 atom stereocenters. The highest BCUT2D eigenvalue weighted by Gasteiger charge is 2.23. The van der Waals surface area contributed by atoms with Crippen LogP contribution in [0.2, 0.25) is 0 Å². The molecule has 2 aromatic rings. The zero-order valence-corrected chi connectivity index (χ0v) is 21.0. The molecule has 8 heteroatoms. The SMILES string of the molecule is CCNC(=NCc1cccnc1OC)NCC(c1ccc(OC)cc1)N1CCCC1.I. The average molecular weight is 539 g/mol. The average Bonchev–Trinajstić information content (AvgIpc) is 3.32. The van der Waals surface area contributed by atoms with Gasteiger partial charge in [0, 0.05) is 24.8 Å². The quantitative estimate of drug-likeness (QED) is 0.288. The number of aliphatic imine (C=N–C) groups is 1. The lowest BCUT2D eigenvalue weighted by Crippen LogP contribution is -2.42. The van der Waals surface area contributed by atoms with E-state index in [-0.39, 0.29) is 30.0 Å². The maximum absolute atomic E-state index is 5.34. The molecule has 170 valence electrons. The van der Waals surface area contributed by atoms with E-state index >= 15 is 0 Å². The van der Waals surface area contributed by atoms with Gasteiger partial charge in [0.2, 0.25) is 5.88 Å². The van der Waals surface area contributed by atoms with Crippen molar-refractivity contribution in [1.82, 2.24) is 20.5 Å². The Labute approximate surface area is 202 Å². The first-order valence-corrected chi connectivity index (χ1v) is 10.6. The highest BCUT2D eigenvalue weighted by atomic mass is 127. The number of aromatic nitrogens is 1. The zero-order chi connectivity index (χ0) is 21.2. The number of pyridine rings is 1. The van der Waals surface area contributed by atoms with Gasteiger partial charge in [-0.05, 0) is 56.6 Å². The molecule has 1 aromatic carbocycles. The molecule has 1 unspecified atom stereocenters. The summed E-state index contributed by atoms with van der Waals surface area (Å²) in [5.74, 6) is 2.29. The smallest absolute Gasteiger partial charge is 0.218 e. The molecule has 0 radical (unpaired) electrons. The number of hydrogen-bond donors (Lipinski definition) is 2. The molecule has 1 fully saturated rings. The molecule has 3 rings (SSSR count). The number of nitrogens with zero attached hydrogens (tertiary/aromatic N) is 3. The van der Waals surface area contributed by atoms with Crippen LogP contribution in [0.25, 0.3) is 0 Å². The van der Waals surface area contributed by atoms with Crippen LogP contribution in [0.1, 0.15) is 36.9 Å². The van der Waals surface area contributed by atoms with Crippen LogP contribution in [0.4, 0.5) is 0 Å². The Morgan fingerprint density at radius 2 is 1.84 bits per heavy atom. The minimum absolute atomic E-state index is 0.